The smallest absolute Gasteiger partial charge is 0.326 e. The van der Waals surface area contributed by atoms with Gasteiger partial charge in [-0.25, -0.2) is 4.79 Å². The number of rotatable bonds is 7. The number of carbonyl (C=O) groups excluding carboxylic acids is 4. The van der Waals surface area contributed by atoms with E-state index in [9.17, 15) is 19.2 Å². The van der Waals surface area contributed by atoms with Gasteiger partial charge in [-0.3, -0.25) is 19.3 Å². The van der Waals surface area contributed by atoms with E-state index < -0.39 is 12.1 Å². The Balaban J connectivity index is 1.55. The molecule has 0 saturated carbocycles. The largest absolute Gasteiger partial charge is 0.454 e. The predicted octanol–water partition coefficient (Wildman–Crippen LogP) is 2.26. The van der Waals surface area contributed by atoms with Crippen LogP contribution in [0, 0.1) is 6.92 Å². The second-order valence-corrected chi connectivity index (χ2v) is 6.95. The zero-order valence-electron chi connectivity index (χ0n) is 16.2. The number of para-hydroxylation sites is 1. The quantitative estimate of drug-likeness (QED) is 0.448. The van der Waals surface area contributed by atoms with Gasteiger partial charge in [-0.2, -0.15) is 0 Å². The van der Waals surface area contributed by atoms with Crippen LogP contribution in [0.4, 0.5) is 4.79 Å². The van der Waals surface area contributed by atoms with Crippen LogP contribution in [0.15, 0.2) is 24.3 Å². The summed E-state index contributed by atoms with van der Waals surface area (Å²) in [5.74, 6) is -1.08. The normalized spacial score (nSPS) is 15.4. The number of carbonyl (C=O) groups is 4. The minimum Gasteiger partial charge on any atom is -0.454 e. The van der Waals surface area contributed by atoms with Gasteiger partial charge in [0, 0.05) is 42.2 Å². The van der Waals surface area contributed by atoms with Crippen LogP contribution >= 0.6 is 0 Å². The summed E-state index contributed by atoms with van der Waals surface area (Å²) in [6, 6.07) is 7.10. The zero-order valence-corrected chi connectivity index (χ0v) is 16.2. The number of aryl methyl sites for hydroxylation is 1. The van der Waals surface area contributed by atoms with Crippen molar-refractivity contribution >= 4 is 34.6 Å². The number of hydrogen-bond acceptors (Lipinski definition) is 5. The second kappa shape index (κ2) is 7.84. The van der Waals surface area contributed by atoms with Crippen molar-refractivity contribution in [3.63, 3.8) is 0 Å². The Morgan fingerprint density at radius 3 is 2.64 bits per heavy atom. The molecule has 1 saturated heterocycles. The molecule has 0 spiro atoms. The maximum absolute atomic E-state index is 12.8. The van der Waals surface area contributed by atoms with E-state index in [1.165, 1.54) is 4.90 Å². The number of aromatic nitrogens is 1. The zero-order chi connectivity index (χ0) is 20.4. The minimum atomic E-state index is -0.924. The highest BCUT2D eigenvalue weighted by Crippen LogP contribution is 2.24. The molecule has 1 N–H and O–H groups in total. The molecule has 3 amide bonds. The number of ether oxygens (including phenoxy) is 1. The van der Waals surface area contributed by atoms with Crippen molar-refractivity contribution in [1.29, 1.82) is 0 Å². The van der Waals surface area contributed by atoms with E-state index >= 15 is 0 Å². The van der Waals surface area contributed by atoms with E-state index in [0.717, 1.165) is 21.5 Å². The number of hydrogen-bond donors (Lipinski definition) is 1. The molecule has 1 aliphatic heterocycles. The Kier molecular flexibility index (Phi) is 5.48. The average molecular weight is 385 g/mol. The number of H-pyrrole nitrogens is 1. The van der Waals surface area contributed by atoms with Gasteiger partial charge in [-0.05, 0) is 26.3 Å². The molecular weight excluding hydrogens is 362 g/mol. The Morgan fingerprint density at radius 2 is 1.96 bits per heavy atom. The van der Waals surface area contributed by atoms with Crippen LogP contribution in [0.1, 0.15) is 35.8 Å². The molecule has 1 atom stereocenters. The van der Waals surface area contributed by atoms with Gasteiger partial charge >= 0.3 is 12.0 Å². The van der Waals surface area contributed by atoms with E-state index in [-0.39, 0.29) is 43.7 Å². The van der Waals surface area contributed by atoms with E-state index in [0.29, 0.717) is 5.56 Å². The highest BCUT2D eigenvalue weighted by atomic mass is 16.5. The Hall–Kier alpha value is -3.16. The fourth-order valence-electron chi connectivity index (χ4n) is 3.38. The highest BCUT2D eigenvalue weighted by molar-refractivity contribution is 6.11. The van der Waals surface area contributed by atoms with E-state index in [2.05, 4.69) is 4.98 Å². The standard InChI is InChI=1S/C20H23N3O5/c1-12-18(14-7-4-5-8-15(14)21-12)19(26)13(2)28-17(25)9-6-10-23-16(24)11-22(3)20(23)27/h4-5,7-8,13,21H,6,9-11H2,1-3H3/t13-/m1/s1. The van der Waals surface area contributed by atoms with Crippen LogP contribution in [0.5, 0.6) is 0 Å². The molecule has 148 valence electrons. The van der Waals surface area contributed by atoms with Crippen molar-refractivity contribution in [2.75, 3.05) is 20.1 Å². The first-order valence-electron chi connectivity index (χ1n) is 9.16. The first-order chi connectivity index (χ1) is 13.3. The minimum absolute atomic E-state index is 0.0191. The Bertz CT molecular complexity index is 948. The third kappa shape index (κ3) is 3.76. The molecule has 1 aromatic heterocycles. The van der Waals surface area contributed by atoms with Crippen LogP contribution in [0.25, 0.3) is 10.9 Å². The van der Waals surface area contributed by atoms with E-state index in [1.807, 2.05) is 31.2 Å². The van der Waals surface area contributed by atoms with Gasteiger partial charge in [0.05, 0.1) is 0 Å². The first kappa shape index (κ1) is 19.6. The molecule has 2 aromatic rings. The summed E-state index contributed by atoms with van der Waals surface area (Å²) >= 11 is 0. The number of nitrogens with one attached hydrogen (secondary N) is 1. The van der Waals surface area contributed by atoms with Gasteiger partial charge in [-0.15, -0.1) is 0 Å². The molecule has 3 rings (SSSR count). The van der Waals surface area contributed by atoms with Crippen molar-refractivity contribution in [1.82, 2.24) is 14.8 Å². The maximum atomic E-state index is 12.8. The molecule has 0 bridgehead atoms. The van der Waals surface area contributed by atoms with Gasteiger partial charge in [0.2, 0.25) is 11.7 Å². The molecule has 8 nitrogen and oxygen atoms in total. The van der Waals surface area contributed by atoms with Crippen LogP contribution in [-0.2, 0) is 14.3 Å². The Labute approximate surface area is 162 Å². The van der Waals surface area contributed by atoms with Crippen LogP contribution in [0.2, 0.25) is 0 Å². The van der Waals surface area contributed by atoms with E-state index in [4.69, 9.17) is 4.74 Å². The van der Waals surface area contributed by atoms with Gasteiger partial charge in [0.15, 0.2) is 6.10 Å². The molecule has 28 heavy (non-hydrogen) atoms. The molecule has 2 heterocycles. The van der Waals surface area contributed by atoms with Crippen molar-refractivity contribution in [3.05, 3.63) is 35.5 Å². The lowest BCUT2D eigenvalue weighted by Gasteiger charge is -2.15. The summed E-state index contributed by atoms with van der Waals surface area (Å²) in [6.07, 6.45) is -0.616. The number of esters is 1. The number of imide groups is 1. The van der Waals surface area contributed by atoms with Gasteiger partial charge in [-0.1, -0.05) is 18.2 Å². The van der Waals surface area contributed by atoms with Gasteiger partial charge in [0.25, 0.3) is 0 Å². The van der Waals surface area contributed by atoms with Crippen LogP contribution in [-0.4, -0.2) is 64.7 Å². The molecule has 8 heteroatoms. The van der Waals surface area contributed by atoms with Crippen LogP contribution in [0.3, 0.4) is 0 Å². The second-order valence-electron chi connectivity index (χ2n) is 6.95. The van der Waals surface area contributed by atoms with Crippen molar-refractivity contribution < 1.29 is 23.9 Å². The summed E-state index contributed by atoms with van der Waals surface area (Å²) in [7, 11) is 1.55. The predicted molar refractivity (Wildman–Crippen MR) is 102 cm³/mol. The highest BCUT2D eigenvalue weighted by Gasteiger charge is 2.33. The summed E-state index contributed by atoms with van der Waals surface area (Å²) in [5.41, 5.74) is 2.10. The number of likely N-dealkylation sites (N-methyl/N-ethyl adjacent to an activating group) is 1. The molecule has 1 fully saturated rings. The first-order valence-corrected chi connectivity index (χ1v) is 9.16. The van der Waals surface area contributed by atoms with Crippen molar-refractivity contribution in [2.45, 2.75) is 32.8 Å². The fraction of sp³-hybridized carbons (Fsp3) is 0.400. The molecular formula is C20H23N3O5. The number of benzene rings is 1. The molecule has 0 radical (unpaired) electrons. The molecule has 0 unspecified atom stereocenters. The number of ketones is 1. The van der Waals surface area contributed by atoms with Crippen molar-refractivity contribution in [2.24, 2.45) is 0 Å². The van der Waals surface area contributed by atoms with Crippen molar-refractivity contribution in [3.8, 4) is 0 Å². The third-order valence-electron chi connectivity index (χ3n) is 4.81. The molecule has 0 aliphatic carbocycles. The average Bonchev–Trinajstić information content (AvgIpc) is 3.10. The Morgan fingerprint density at radius 1 is 1.25 bits per heavy atom. The van der Waals surface area contributed by atoms with Crippen LogP contribution < -0.4 is 0 Å². The number of aromatic amines is 1. The van der Waals surface area contributed by atoms with Gasteiger partial charge in [0.1, 0.15) is 6.54 Å². The lowest BCUT2D eigenvalue weighted by Crippen LogP contribution is -2.33. The number of nitrogens with zero attached hydrogens (tertiary/aromatic N) is 2. The number of Topliss-reactive ketones (excluding diaryl/α,β-unsaturated/α-hetero) is 1. The third-order valence-corrected chi connectivity index (χ3v) is 4.81. The van der Waals surface area contributed by atoms with Gasteiger partial charge < -0.3 is 14.6 Å². The number of amides is 3. The number of fused-ring (bicyclic) bond motifs is 1. The topological polar surface area (TPSA) is 99.8 Å². The fourth-order valence-corrected chi connectivity index (χ4v) is 3.38. The lowest BCUT2D eigenvalue weighted by atomic mass is 10.0. The molecule has 1 aromatic carbocycles. The maximum Gasteiger partial charge on any atom is 0.326 e. The lowest BCUT2D eigenvalue weighted by molar-refractivity contribution is -0.146. The monoisotopic (exact) mass is 385 g/mol. The summed E-state index contributed by atoms with van der Waals surface area (Å²) in [5, 5.41) is 0.795. The molecule has 1 aliphatic rings. The number of urea groups is 1. The summed E-state index contributed by atoms with van der Waals surface area (Å²) < 4.78 is 5.28. The summed E-state index contributed by atoms with van der Waals surface area (Å²) in [4.78, 5) is 54.0. The SMILES string of the molecule is Cc1[nH]c2ccccc2c1C(=O)[C@@H](C)OC(=O)CCCN1C(=O)CN(C)C1=O. The summed E-state index contributed by atoms with van der Waals surface area (Å²) in [6.45, 7) is 3.56. The van der Waals surface area contributed by atoms with E-state index in [1.54, 1.807) is 14.0 Å².